The van der Waals surface area contributed by atoms with Gasteiger partial charge < -0.3 is 10.6 Å². The number of nitrogens with two attached hydrogens (primary N) is 1. The molecule has 3 N–H and O–H groups in total. The maximum Gasteiger partial charge on any atom is 0.253 e. The molecule has 1 aromatic rings. The molecule has 1 saturated heterocycles. The fraction of sp³-hybridized carbons (Fsp3) is 0.611. The van der Waals surface area contributed by atoms with E-state index in [0.717, 1.165) is 38.5 Å². The minimum absolute atomic E-state index is 0. The standard InChI is InChI=1S/C18H27N3O3S.ClH/c1-13-8-9-14(18(22)21-10-4-5-15(19)12-21)11-17(13)25(23,24)20-16-6-2-3-7-16;/h8-9,11,15-16,20H,2-7,10,12,19H2,1H3;1H. The third-order valence-electron chi connectivity index (χ3n) is 5.15. The van der Waals surface area contributed by atoms with Gasteiger partial charge in [0, 0.05) is 30.7 Å². The van der Waals surface area contributed by atoms with E-state index in [1.165, 1.54) is 6.07 Å². The maximum atomic E-state index is 12.8. The van der Waals surface area contributed by atoms with Crippen LogP contribution in [0.1, 0.15) is 54.4 Å². The zero-order valence-corrected chi connectivity index (χ0v) is 16.7. The van der Waals surface area contributed by atoms with Gasteiger partial charge in [-0.3, -0.25) is 4.79 Å². The number of nitrogens with one attached hydrogen (secondary N) is 1. The van der Waals surface area contributed by atoms with Crippen molar-refractivity contribution in [2.75, 3.05) is 13.1 Å². The first-order valence-electron chi connectivity index (χ1n) is 9.04. The summed E-state index contributed by atoms with van der Waals surface area (Å²) in [5.41, 5.74) is 7.02. The van der Waals surface area contributed by atoms with Gasteiger partial charge in [0.25, 0.3) is 5.91 Å². The number of aryl methyl sites for hydroxylation is 1. The number of likely N-dealkylation sites (tertiary alicyclic amines) is 1. The summed E-state index contributed by atoms with van der Waals surface area (Å²) in [6.07, 6.45) is 5.67. The smallest absolute Gasteiger partial charge is 0.253 e. The van der Waals surface area contributed by atoms with Gasteiger partial charge in [0.05, 0.1) is 4.90 Å². The van der Waals surface area contributed by atoms with Crippen LogP contribution in [0, 0.1) is 6.92 Å². The number of hydrogen-bond acceptors (Lipinski definition) is 4. The van der Waals surface area contributed by atoms with Crippen LogP contribution in [0.2, 0.25) is 0 Å². The number of amides is 1. The molecular weight excluding hydrogens is 374 g/mol. The van der Waals surface area contributed by atoms with E-state index in [4.69, 9.17) is 5.73 Å². The number of rotatable bonds is 4. The zero-order chi connectivity index (χ0) is 18.0. The van der Waals surface area contributed by atoms with Gasteiger partial charge in [0.2, 0.25) is 10.0 Å². The van der Waals surface area contributed by atoms with E-state index in [0.29, 0.717) is 24.2 Å². The molecule has 1 aliphatic heterocycles. The van der Waals surface area contributed by atoms with Gasteiger partial charge in [-0.2, -0.15) is 0 Å². The molecule has 0 bridgehead atoms. The van der Waals surface area contributed by atoms with E-state index in [2.05, 4.69) is 4.72 Å². The van der Waals surface area contributed by atoms with Crippen molar-refractivity contribution in [1.29, 1.82) is 0 Å². The van der Waals surface area contributed by atoms with E-state index in [1.807, 2.05) is 0 Å². The summed E-state index contributed by atoms with van der Waals surface area (Å²) in [4.78, 5) is 14.7. The molecule has 1 unspecified atom stereocenters. The first-order chi connectivity index (χ1) is 11.9. The first-order valence-corrected chi connectivity index (χ1v) is 10.5. The van der Waals surface area contributed by atoms with Crippen molar-refractivity contribution in [3.05, 3.63) is 29.3 Å². The highest BCUT2D eigenvalue weighted by Crippen LogP contribution is 2.23. The number of carbonyl (C=O) groups excluding carboxylic acids is 1. The Kier molecular flexibility index (Phi) is 7.07. The van der Waals surface area contributed by atoms with Crippen molar-refractivity contribution in [3.63, 3.8) is 0 Å². The Bertz CT molecular complexity index is 748. The fourth-order valence-corrected chi connectivity index (χ4v) is 5.30. The van der Waals surface area contributed by atoms with E-state index in [-0.39, 0.29) is 35.3 Å². The Morgan fingerprint density at radius 2 is 1.88 bits per heavy atom. The Hall–Kier alpha value is -1.15. The van der Waals surface area contributed by atoms with Crippen molar-refractivity contribution in [1.82, 2.24) is 9.62 Å². The van der Waals surface area contributed by atoms with E-state index in [9.17, 15) is 13.2 Å². The van der Waals surface area contributed by atoms with Gasteiger partial charge in [-0.05, 0) is 50.3 Å². The number of sulfonamides is 1. The lowest BCUT2D eigenvalue weighted by molar-refractivity contribution is 0.0708. The molecule has 0 spiro atoms. The Morgan fingerprint density at radius 3 is 2.54 bits per heavy atom. The Morgan fingerprint density at radius 1 is 1.19 bits per heavy atom. The average molecular weight is 402 g/mol. The molecule has 1 saturated carbocycles. The lowest BCUT2D eigenvalue weighted by atomic mass is 10.0. The summed E-state index contributed by atoms with van der Waals surface area (Å²) in [7, 11) is -3.62. The molecule has 2 fully saturated rings. The van der Waals surface area contributed by atoms with E-state index >= 15 is 0 Å². The van der Waals surface area contributed by atoms with Crippen molar-refractivity contribution < 1.29 is 13.2 Å². The minimum Gasteiger partial charge on any atom is -0.337 e. The molecule has 0 radical (unpaired) electrons. The van der Waals surface area contributed by atoms with Crippen molar-refractivity contribution in [2.24, 2.45) is 5.73 Å². The largest absolute Gasteiger partial charge is 0.337 e. The predicted octanol–water partition coefficient (Wildman–Crippen LogP) is 2.20. The van der Waals surface area contributed by atoms with Crippen LogP contribution in [-0.4, -0.2) is 44.4 Å². The second-order valence-corrected chi connectivity index (χ2v) is 8.92. The summed E-state index contributed by atoms with van der Waals surface area (Å²) < 4.78 is 28.3. The monoisotopic (exact) mass is 401 g/mol. The third-order valence-corrected chi connectivity index (χ3v) is 6.81. The second kappa shape index (κ2) is 8.69. The molecule has 26 heavy (non-hydrogen) atoms. The summed E-state index contributed by atoms with van der Waals surface area (Å²) in [5.74, 6) is -0.146. The molecular formula is C18H28ClN3O3S. The summed E-state index contributed by atoms with van der Waals surface area (Å²) in [6.45, 7) is 2.95. The lowest BCUT2D eigenvalue weighted by Crippen LogP contribution is -2.45. The molecule has 0 aromatic heterocycles. The third kappa shape index (κ3) is 4.76. The highest BCUT2D eigenvalue weighted by atomic mass is 35.5. The Labute approximate surface area is 162 Å². The predicted molar refractivity (Wildman–Crippen MR) is 104 cm³/mol. The first kappa shape index (κ1) is 21.2. The number of benzene rings is 1. The average Bonchev–Trinajstić information content (AvgIpc) is 3.06. The van der Waals surface area contributed by atoms with Crippen LogP contribution in [0.4, 0.5) is 0 Å². The van der Waals surface area contributed by atoms with Gasteiger partial charge >= 0.3 is 0 Å². The molecule has 1 aromatic carbocycles. The van der Waals surface area contributed by atoms with Crippen molar-refractivity contribution in [3.8, 4) is 0 Å². The number of hydrogen-bond donors (Lipinski definition) is 2. The fourth-order valence-electron chi connectivity index (χ4n) is 3.73. The van der Waals surface area contributed by atoms with Gasteiger partial charge in [0.15, 0.2) is 0 Å². The highest BCUT2D eigenvalue weighted by Gasteiger charge is 2.27. The van der Waals surface area contributed by atoms with E-state index < -0.39 is 10.0 Å². The van der Waals surface area contributed by atoms with Gasteiger partial charge in [0.1, 0.15) is 0 Å². The number of halogens is 1. The minimum atomic E-state index is -3.62. The number of piperidine rings is 1. The molecule has 1 aliphatic carbocycles. The van der Waals surface area contributed by atoms with Gasteiger partial charge in [-0.15, -0.1) is 12.4 Å². The van der Waals surface area contributed by atoms with E-state index in [1.54, 1.807) is 24.0 Å². The van der Waals surface area contributed by atoms with Crippen LogP contribution in [0.5, 0.6) is 0 Å². The van der Waals surface area contributed by atoms with Gasteiger partial charge in [-0.1, -0.05) is 18.9 Å². The molecule has 1 atom stereocenters. The lowest BCUT2D eigenvalue weighted by Gasteiger charge is -2.31. The maximum absolute atomic E-state index is 12.8. The van der Waals surface area contributed by atoms with Crippen LogP contribution in [-0.2, 0) is 10.0 Å². The van der Waals surface area contributed by atoms with Crippen molar-refractivity contribution in [2.45, 2.75) is 62.4 Å². The number of nitrogens with zero attached hydrogens (tertiary/aromatic N) is 1. The van der Waals surface area contributed by atoms with Crippen molar-refractivity contribution >= 4 is 28.3 Å². The summed E-state index contributed by atoms with van der Waals surface area (Å²) in [5, 5.41) is 0. The van der Waals surface area contributed by atoms with Crippen LogP contribution in [0.3, 0.4) is 0 Å². The quantitative estimate of drug-likeness (QED) is 0.808. The number of carbonyl (C=O) groups is 1. The second-order valence-electron chi connectivity index (χ2n) is 7.24. The molecule has 3 rings (SSSR count). The normalized spacial score (nSPS) is 21.5. The highest BCUT2D eigenvalue weighted by molar-refractivity contribution is 7.89. The summed E-state index contributed by atoms with van der Waals surface area (Å²) in [6, 6.07) is 4.92. The molecule has 2 aliphatic rings. The summed E-state index contributed by atoms with van der Waals surface area (Å²) >= 11 is 0. The topological polar surface area (TPSA) is 92.5 Å². The van der Waals surface area contributed by atoms with Crippen LogP contribution in [0.15, 0.2) is 23.1 Å². The molecule has 146 valence electrons. The molecule has 6 nitrogen and oxygen atoms in total. The molecule has 8 heteroatoms. The zero-order valence-electron chi connectivity index (χ0n) is 15.1. The van der Waals surface area contributed by atoms with Gasteiger partial charge in [-0.25, -0.2) is 13.1 Å². The molecule has 1 amide bonds. The SMILES string of the molecule is Cc1ccc(C(=O)N2CCCC(N)C2)cc1S(=O)(=O)NC1CCCC1.Cl. The van der Waals surface area contributed by atoms with Crippen LogP contribution < -0.4 is 10.5 Å². The van der Waals surface area contributed by atoms with Crippen LogP contribution >= 0.6 is 12.4 Å². The molecule has 1 heterocycles. The Balaban J connectivity index is 0.00000243. The van der Waals surface area contributed by atoms with Crippen LogP contribution in [0.25, 0.3) is 0 Å².